The highest BCUT2D eigenvalue weighted by Crippen LogP contribution is 2.38. The van der Waals surface area contributed by atoms with Gasteiger partial charge in [0.25, 0.3) is 0 Å². The molecule has 1 aromatic heterocycles. The van der Waals surface area contributed by atoms with Crippen LogP contribution in [0, 0.1) is 22.5 Å². The molecule has 1 heterocycles. The minimum atomic E-state index is -0.315. The zero-order valence-corrected chi connectivity index (χ0v) is 13.5. The van der Waals surface area contributed by atoms with E-state index in [0.29, 0.717) is 29.5 Å². The van der Waals surface area contributed by atoms with Crippen LogP contribution in [0.5, 0.6) is 0 Å². The summed E-state index contributed by atoms with van der Waals surface area (Å²) in [6.07, 6.45) is 5.40. The zero-order chi connectivity index (χ0) is 15.6. The van der Waals surface area contributed by atoms with Gasteiger partial charge in [0.2, 0.25) is 5.82 Å². The first-order chi connectivity index (χ1) is 9.84. The van der Waals surface area contributed by atoms with Crippen molar-refractivity contribution in [1.29, 1.82) is 0 Å². The van der Waals surface area contributed by atoms with Crippen molar-refractivity contribution in [1.82, 2.24) is 9.78 Å². The topological polar surface area (TPSA) is 73.0 Å². The molecule has 6 heteroatoms. The minimum absolute atomic E-state index is 0.131. The maximum Gasteiger partial charge on any atom is 0.333 e. The molecule has 1 aliphatic rings. The molecule has 0 amide bonds. The largest absolute Gasteiger partial charge is 0.362 e. The zero-order valence-electron chi connectivity index (χ0n) is 13.5. The first-order valence-electron chi connectivity index (χ1n) is 7.82. The van der Waals surface area contributed by atoms with Crippen LogP contribution in [0.2, 0.25) is 0 Å². The Morgan fingerprint density at radius 1 is 1.52 bits per heavy atom. The second-order valence-corrected chi connectivity index (χ2v) is 6.86. The molecule has 0 radical (unpaired) electrons. The second-order valence-electron chi connectivity index (χ2n) is 6.86. The molecule has 0 aliphatic heterocycles. The number of aryl methyl sites for hydroxylation is 2. The van der Waals surface area contributed by atoms with Crippen LogP contribution in [0.4, 0.5) is 11.5 Å². The van der Waals surface area contributed by atoms with Crippen LogP contribution in [0.15, 0.2) is 0 Å². The Morgan fingerprint density at radius 3 is 2.81 bits per heavy atom. The summed E-state index contributed by atoms with van der Waals surface area (Å²) in [6, 6.07) is 0.291. The smallest absolute Gasteiger partial charge is 0.333 e. The molecular formula is C15H26N4O2. The van der Waals surface area contributed by atoms with Gasteiger partial charge in [-0.3, -0.25) is 10.1 Å². The molecule has 1 atom stereocenters. The van der Waals surface area contributed by atoms with Gasteiger partial charge in [0.15, 0.2) is 0 Å². The van der Waals surface area contributed by atoms with Gasteiger partial charge in [0.1, 0.15) is 5.69 Å². The van der Waals surface area contributed by atoms with E-state index >= 15 is 0 Å². The third-order valence-electron chi connectivity index (χ3n) is 4.26. The summed E-state index contributed by atoms with van der Waals surface area (Å²) in [5.74, 6) is 0.585. The van der Waals surface area contributed by atoms with Gasteiger partial charge in [-0.25, -0.2) is 4.68 Å². The van der Waals surface area contributed by atoms with Gasteiger partial charge in [-0.05, 0) is 38.0 Å². The number of nitrogens with one attached hydrogen (secondary N) is 1. The summed E-state index contributed by atoms with van der Waals surface area (Å²) in [6.45, 7) is 9.00. The lowest BCUT2D eigenvalue weighted by Crippen LogP contribution is -2.32. The molecule has 1 aliphatic carbocycles. The number of aromatic nitrogens is 2. The number of anilines is 1. The average molecular weight is 294 g/mol. The fourth-order valence-corrected chi connectivity index (χ4v) is 3.32. The first-order valence-corrected chi connectivity index (χ1v) is 7.82. The van der Waals surface area contributed by atoms with Crippen LogP contribution < -0.4 is 5.32 Å². The Morgan fingerprint density at radius 2 is 2.24 bits per heavy atom. The van der Waals surface area contributed by atoms with E-state index in [-0.39, 0.29) is 10.6 Å². The molecule has 0 spiro atoms. The van der Waals surface area contributed by atoms with Gasteiger partial charge >= 0.3 is 5.69 Å². The maximum atomic E-state index is 11.3. The number of nitro groups is 1. The molecule has 6 nitrogen and oxygen atoms in total. The molecule has 1 N–H and O–H groups in total. The average Bonchev–Trinajstić information content (AvgIpc) is 2.65. The van der Waals surface area contributed by atoms with E-state index in [1.165, 1.54) is 12.8 Å². The van der Waals surface area contributed by atoms with E-state index in [9.17, 15) is 10.1 Å². The van der Waals surface area contributed by atoms with Crippen molar-refractivity contribution in [2.75, 3.05) is 5.32 Å². The van der Waals surface area contributed by atoms with Crippen molar-refractivity contribution < 1.29 is 4.92 Å². The standard InChI is InChI=1S/C15H26N4O2/c1-5-9-18-14(13(19(20)21)11(2)17-18)16-12-7-6-8-15(3,4)10-12/h12,16H,5-10H2,1-4H3. The highest BCUT2D eigenvalue weighted by molar-refractivity contribution is 5.60. The van der Waals surface area contributed by atoms with E-state index in [1.807, 2.05) is 0 Å². The highest BCUT2D eigenvalue weighted by Gasteiger charge is 2.32. The monoisotopic (exact) mass is 294 g/mol. The molecular weight excluding hydrogens is 268 g/mol. The molecule has 1 unspecified atom stereocenters. The highest BCUT2D eigenvalue weighted by atomic mass is 16.6. The van der Waals surface area contributed by atoms with Crippen LogP contribution in [-0.4, -0.2) is 20.7 Å². The maximum absolute atomic E-state index is 11.3. The van der Waals surface area contributed by atoms with Gasteiger partial charge in [0.05, 0.1) is 4.92 Å². The summed E-state index contributed by atoms with van der Waals surface area (Å²) in [7, 11) is 0. The molecule has 0 aromatic carbocycles. The summed E-state index contributed by atoms with van der Waals surface area (Å²) in [5.41, 5.74) is 0.924. The van der Waals surface area contributed by atoms with Crippen molar-refractivity contribution in [3.63, 3.8) is 0 Å². The van der Waals surface area contributed by atoms with Gasteiger partial charge in [-0.1, -0.05) is 27.2 Å². The summed E-state index contributed by atoms with van der Waals surface area (Å²) >= 11 is 0. The van der Waals surface area contributed by atoms with Crippen molar-refractivity contribution in [2.45, 2.75) is 72.4 Å². The number of nitrogens with zero attached hydrogens (tertiary/aromatic N) is 3. The second kappa shape index (κ2) is 6.03. The van der Waals surface area contributed by atoms with Gasteiger partial charge in [-0.15, -0.1) is 0 Å². The molecule has 118 valence electrons. The van der Waals surface area contributed by atoms with Gasteiger partial charge in [-0.2, -0.15) is 5.10 Å². The van der Waals surface area contributed by atoms with Crippen LogP contribution in [0.25, 0.3) is 0 Å². The third-order valence-corrected chi connectivity index (χ3v) is 4.26. The molecule has 1 saturated carbocycles. The van der Waals surface area contributed by atoms with E-state index in [2.05, 4.69) is 31.2 Å². The number of hydrogen-bond donors (Lipinski definition) is 1. The SMILES string of the molecule is CCCn1nc(C)c([N+](=O)[O-])c1NC1CCCC(C)(C)C1. The Balaban J connectivity index is 2.27. The lowest BCUT2D eigenvalue weighted by molar-refractivity contribution is -0.384. The normalized spacial score (nSPS) is 21.2. The van der Waals surface area contributed by atoms with Gasteiger partial charge in [0, 0.05) is 12.6 Å². The molecule has 21 heavy (non-hydrogen) atoms. The van der Waals surface area contributed by atoms with Crippen LogP contribution >= 0.6 is 0 Å². The van der Waals surface area contributed by atoms with Crippen LogP contribution in [0.3, 0.4) is 0 Å². The summed E-state index contributed by atoms with van der Waals surface area (Å²) < 4.78 is 1.76. The van der Waals surface area contributed by atoms with E-state index in [1.54, 1.807) is 11.6 Å². The lowest BCUT2D eigenvalue weighted by atomic mass is 9.75. The Hall–Kier alpha value is -1.59. The molecule has 2 rings (SSSR count). The van der Waals surface area contributed by atoms with E-state index < -0.39 is 0 Å². The first kappa shape index (κ1) is 15.8. The predicted octanol–water partition coefficient (Wildman–Crippen LogP) is 3.89. The number of rotatable bonds is 5. The summed E-state index contributed by atoms with van der Waals surface area (Å²) in [4.78, 5) is 11.0. The van der Waals surface area contributed by atoms with Crippen LogP contribution in [0.1, 0.15) is 58.6 Å². The lowest BCUT2D eigenvalue weighted by Gasteiger charge is -2.35. The molecule has 1 fully saturated rings. The van der Waals surface area contributed by atoms with Crippen molar-refractivity contribution in [3.05, 3.63) is 15.8 Å². The summed E-state index contributed by atoms with van der Waals surface area (Å²) in [5, 5.41) is 19.1. The predicted molar refractivity (Wildman–Crippen MR) is 83.6 cm³/mol. The third kappa shape index (κ3) is 3.54. The van der Waals surface area contributed by atoms with E-state index in [4.69, 9.17) is 0 Å². The van der Waals surface area contributed by atoms with E-state index in [0.717, 1.165) is 19.3 Å². The minimum Gasteiger partial charge on any atom is -0.362 e. The molecule has 1 aromatic rings. The fourth-order valence-electron chi connectivity index (χ4n) is 3.32. The Kier molecular flexibility index (Phi) is 4.54. The van der Waals surface area contributed by atoms with Gasteiger partial charge < -0.3 is 5.32 Å². The fraction of sp³-hybridized carbons (Fsp3) is 0.800. The quantitative estimate of drug-likeness (QED) is 0.660. The van der Waals surface area contributed by atoms with Crippen LogP contribution in [-0.2, 0) is 6.54 Å². The number of hydrogen-bond acceptors (Lipinski definition) is 4. The molecule has 0 bridgehead atoms. The van der Waals surface area contributed by atoms with Crippen molar-refractivity contribution in [2.24, 2.45) is 5.41 Å². The Labute approximate surface area is 126 Å². The molecule has 0 saturated heterocycles. The Bertz CT molecular complexity index is 522. The van der Waals surface area contributed by atoms with Crippen molar-refractivity contribution in [3.8, 4) is 0 Å². The van der Waals surface area contributed by atoms with Crippen molar-refractivity contribution >= 4 is 11.5 Å².